The van der Waals surface area contributed by atoms with Crippen LogP contribution in [-0.4, -0.2) is 22.0 Å². The molecule has 2 heterocycles. The van der Waals surface area contributed by atoms with Crippen LogP contribution >= 0.6 is 0 Å². The van der Waals surface area contributed by atoms with Gasteiger partial charge in [-0.15, -0.1) is 0 Å². The van der Waals surface area contributed by atoms with Gasteiger partial charge in [-0.3, -0.25) is 0 Å². The summed E-state index contributed by atoms with van der Waals surface area (Å²) in [5.41, 5.74) is 2.34. The van der Waals surface area contributed by atoms with Crippen molar-refractivity contribution in [2.45, 2.75) is 26.7 Å². The van der Waals surface area contributed by atoms with E-state index in [9.17, 15) is 4.79 Å². The van der Waals surface area contributed by atoms with Crippen molar-refractivity contribution in [2.24, 2.45) is 0 Å². The maximum absolute atomic E-state index is 11.5. The number of fused-ring (bicyclic) bond motifs is 1. The fourth-order valence-corrected chi connectivity index (χ4v) is 1.66. The van der Waals surface area contributed by atoms with Crippen LogP contribution in [-0.2, 0) is 4.74 Å². The van der Waals surface area contributed by atoms with Crippen molar-refractivity contribution in [3.05, 3.63) is 35.8 Å². The van der Waals surface area contributed by atoms with Crippen LogP contribution in [0.5, 0.6) is 0 Å². The van der Waals surface area contributed by atoms with Gasteiger partial charge >= 0.3 is 5.97 Å². The lowest BCUT2D eigenvalue weighted by molar-refractivity contribution is 0.0520. The first-order valence-corrected chi connectivity index (χ1v) is 5.77. The molecule has 0 spiro atoms. The minimum absolute atomic E-state index is 0.354. The zero-order valence-corrected chi connectivity index (χ0v) is 10.3. The molecule has 0 fully saturated rings. The Kier molecular flexibility index (Phi) is 3.13. The van der Waals surface area contributed by atoms with E-state index in [2.05, 4.69) is 18.8 Å². The lowest BCUT2D eigenvalue weighted by atomic mass is 10.1. The van der Waals surface area contributed by atoms with Crippen LogP contribution in [0.2, 0.25) is 0 Å². The van der Waals surface area contributed by atoms with Crippen LogP contribution < -0.4 is 0 Å². The van der Waals surface area contributed by atoms with Crippen molar-refractivity contribution in [3.8, 4) is 0 Å². The molecule has 90 valence electrons. The third-order valence-corrected chi connectivity index (χ3v) is 2.64. The average Bonchev–Trinajstić information content (AvgIpc) is 2.71. The van der Waals surface area contributed by atoms with Crippen LogP contribution in [0.3, 0.4) is 0 Å². The molecule has 2 aromatic rings. The predicted molar refractivity (Wildman–Crippen MR) is 65.2 cm³/mol. The summed E-state index contributed by atoms with van der Waals surface area (Å²) in [7, 11) is 0. The maximum atomic E-state index is 11.5. The minimum atomic E-state index is -0.373. The lowest BCUT2D eigenvalue weighted by Crippen LogP contribution is -2.04. The van der Waals surface area contributed by atoms with Gasteiger partial charge < -0.3 is 9.14 Å². The highest BCUT2D eigenvalue weighted by Gasteiger charge is 2.12. The summed E-state index contributed by atoms with van der Waals surface area (Å²) < 4.78 is 6.75. The number of aromatic nitrogens is 2. The molecule has 0 N–H and O–H groups in total. The van der Waals surface area contributed by atoms with Gasteiger partial charge in [0.2, 0.25) is 0 Å². The first kappa shape index (κ1) is 11.6. The molecule has 0 aliphatic heterocycles. The number of carbonyl (C=O) groups is 1. The number of nitrogens with zero attached hydrogens (tertiary/aromatic N) is 2. The van der Waals surface area contributed by atoms with E-state index in [0.29, 0.717) is 18.2 Å². The van der Waals surface area contributed by atoms with Crippen molar-refractivity contribution < 1.29 is 9.53 Å². The smallest absolute Gasteiger partial charge is 0.358 e. The second kappa shape index (κ2) is 4.57. The molecule has 0 amide bonds. The Hall–Kier alpha value is -1.84. The molecule has 0 atom stereocenters. The fraction of sp³-hybridized carbons (Fsp3) is 0.385. The molecule has 0 aromatic carbocycles. The summed E-state index contributed by atoms with van der Waals surface area (Å²) in [6.45, 7) is 6.40. The largest absolute Gasteiger partial charge is 0.461 e. The molecule has 0 unspecified atom stereocenters. The monoisotopic (exact) mass is 232 g/mol. The van der Waals surface area contributed by atoms with Crippen molar-refractivity contribution >= 4 is 11.6 Å². The highest BCUT2D eigenvalue weighted by molar-refractivity contribution is 5.87. The molecule has 0 saturated carbocycles. The third-order valence-electron chi connectivity index (χ3n) is 2.64. The lowest BCUT2D eigenvalue weighted by Gasteiger charge is -2.04. The van der Waals surface area contributed by atoms with E-state index in [1.165, 1.54) is 5.56 Å². The molecule has 0 aliphatic carbocycles. The van der Waals surface area contributed by atoms with Gasteiger partial charge in [0.1, 0.15) is 5.65 Å². The Bertz CT molecular complexity index is 543. The molecule has 17 heavy (non-hydrogen) atoms. The van der Waals surface area contributed by atoms with E-state index in [1.807, 2.05) is 22.7 Å². The maximum Gasteiger partial charge on any atom is 0.358 e. The molecule has 0 bridgehead atoms. The van der Waals surface area contributed by atoms with E-state index >= 15 is 0 Å². The number of carbonyl (C=O) groups excluding carboxylic acids is 1. The number of hydrogen-bond donors (Lipinski definition) is 0. The molecule has 0 radical (unpaired) electrons. The quantitative estimate of drug-likeness (QED) is 0.764. The minimum Gasteiger partial charge on any atom is -0.461 e. The van der Waals surface area contributed by atoms with Gasteiger partial charge in [0.05, 0.1) is 6.61 Å². The van der Waals surface area contributed by atoms with E-state index < -0.39 is 0 Å². The van der Waals surface area contributed by atoms with Crippen molar-refractivity contribution in [3.63, 3.8) is 0 Å². The number of pyridine rings is 1. The van der Waals surface area contributed by atoms with Crippen LogP contribution in [0, 0.1) is 0 Å². The molecule has 4 nitrogen and oxygen atoms in total. The van der Waals surface area contributed by atoms with Gasteiger partial charge in [0.25, 0.3) is 0 Å². The number of ether oxygens (including phenoxy) is 1. The van der Waals surface area contributed by atoms with Crippen LogP contribution in [0.25, 0.3) is 5.65 Å². The molecule has 2 rings (SSSR count). The van der Waals surface area contributed by atoms with E-state index in [0.717, 1.165) is 5.65 Å². The normalized spacial score (nSPS) is 11.1. The van der Waals surface area contributed by atoms with Crippen molar-refractivity contribution in [2.75, 3.05) is 6.61 Å². The zero-order chi connectivity index (χ0) is 12.4. The summed E-state index contributed by atoms with van der Waals surface area (Å²) in [5, 5.41) is 0. The van der Waals surface area contributed by atoms with Gasteiger partial charge in [-0.25, -0.2) is 9.78 Å². The topological polar surface area (TPSA) is 43.6 Å². The molecule has 0 saturated heterocycles. The standard InChI is InChI=1S/C13H16N2O2/c1-4-17-13(16)11-8-15-6-5-10(9(2)3)7-12(15)14-11/h5-9H,4H2,1-3H3. The van der Waals surface area contributed by atoms with Gasteiger partial charge in [0.15, 0.2) is 5.69 Å². The van der Waals surface area contributed by atoms with Crippen LogP contribution in [0.4, 0.5) is 0 Å². The van der Waals surface area contributed by atoms with E-state index in [-0.39, 0.29) is 5.97 Å². The fourth-order valence-electron chi connectivity index (χ4n) is 1.66. The first-order valence-electron chi connectivity index (χ1n) is 5.77. The van der Waals surface area contributed by atoms with E-state index in [4.69, 9.17) is 4.74 Å². The van der Waals surface area contributed by atoms with Crippen LogP contribution in [0.1, 0.15) is 42.7 Å². The van der Waals surface area contributed by atoms with Gasteiger partial charge in [-0.05, 0) is 30.5 Å². The number of imidazole rings is 1. The second-order valence-electron chi connectivity index (χ2n) is 4.23. The van der Waals surface area contributed by atoms with E-state index in [1.54, 1.807) is 13.1 Å². The third kappa shape index (κ3) is 2.30. The molecule has 2 aromatic heterocycles. The van der Waals surface area contributed by atoms with Gasteiger partial charge in [-0.2, -0.15) is 0 Å². The SMILES string of the molecule is CCOC(=O)c1cn2ccc(C(C)C)cc2n1. The van der Waals surface area contributed by atoms with Crippen LogP contribution in [0.15, 0.2) is 24.5 Å². The Morgan fingerprint density at radius 3 is 2.94 bits per heavy atom. The molecule has 4 heteroatoms. The summed E-state index contributed by atoms with van der Waals surface area (Å²) in [5.74, 6) is 0.0741. The Morgan fingerprint density at radius 2 is 2.29 bits per heavy atom. The first-order chi connectivity index (χ1) is 8.11. The second-order valence-corrected chi connectivity index (χ2v) is 4.23. The summed E-state index contributed by atoms with van der Waals surface area (Å²) in [6.07, 6.45) is 3.61. The van der Waals surface area contributed by atoms with Gasteiger partial charge in [0, 0.05) is 12.4 Å². The highest BCUT2D eigenvalue weighted by Crippen LogP contribution is 2.16. The highest BCUT2D eigenvalue weighted by atomic mass is 16.5. The average molecular weight is 232 g/mol. The number of esters is 1. The number of hydrogen-bond acceptors (Lipinski definition) is 3. The zero-order valence-electron chi connectivity index (χ0n) is 10.3. The Morgan fingerprint density at radius 1 is 1.53 bits per heavy atom. The molecule has 0 aliphatic rings. The summed E-state index contributed by atoms with van der Waals surface area (Å²) >= 11 is 0. The Labute approximate surface area is 100 Å². The summed E-state index contributed by atoms with van der Waals surface area (Å²) in [6, 6.07) is 4.03. The Balaban J connectivity index is 2.40. The number of rotatable bonds is 3. The summed E-state index contributed by atoms with van der Waals surface area (Å²) in [4.78, 5) is 15.8. The van der Waals surface area contributed by atoms with Gasteiger partial charge in [-0.1, -0.05) is 13.8 Å². The molecular weight excluding hydrogens is 216 g/mol. The van der Waals surface area contributed by atoms with Crippen molar-refractivity contribution in [1.82, 2.24) is 9.38 Å². The molecular formula is C13H16N2O2. The van der Waals surface area contributed by atoms with Crippen molar-refractivity contribution in [1.29, 1.82) is 0 Å². The predicted octanol–water partition coefficient (Wildman–Crippen LogP) is 2.63.